The molecule has 0 aromatic heterocycles. The third kappa shape index (κ3) is 4.74. The van der Waals surface area contributed by atoms with Crippen LogP contribution in [0.25, 0.3) is 0 Å². The first-order valence-electron chi connectivity index (χ1n) is 6.04. The number of carboxylic acid groups (broad SMARTS) is 1. The van der Waals surface area contributed by atoms with Crippen LogP contribution in [0.3, 0.4) is 0 Å². The van der Waals surface area contributed by atoms with Gasteiger partial charge in [0.25, 0.3) is 0 Å². The molecule has 8 heteroatoms. The van der Waals surface area contributed by atoms with Crippen molar-refractivity contribution in [2.24, 2.45) is 5.73 Å². The Balaban J connectivity index is 2.55. The van der Waals surface area contributed by atoms with Gasteiger partial charge in [0.05, 0.1) is 6.42 Å². The van der Waals surface area contributed by atoms with Crippen molar-refractivity contribution in [2.75, 3.05) is 20.3 Å². The molecule has 0 aromatic rings. The Morgan fingerprint density at radius 1 is 1.42 bits per heavy atom. The summed E-state index contributed by atoms with van der Waals surface area (Å²) in [6.45, 7) is 1.15. The van der Waals surface area contributed by atoms with Gasteiger partial charge in [0.2, 0.25) is 5.91 Å². The molecule has 3 amide bonds. The topological polar surface area (TPSA) is 122 Å². The van der Waals surface area contributed by atoms with Crippen molar-refractivity contribution < 1.29 is 24.2 Å². The van der Waals surface area contributed by atoms with Crippen LogP contribution in [0.2, 0.25) is 0 Å². The lowest BCUT2D eigenvalue weighted by Gasteiger charge is -2.31. The molecule has 0 saturated carbocycles. The maximum Gasteiger partial charge on any atom is 0.326 e. The molecular formula is C11H19N3O5. The monoisotopic (exact) mass is 273 g/mol. The Morgan fingerprint density at radius 3 is 2.47 bits per heavy atom. The summed E-state index contributed by atoms with van der Waals surface area (Å²) in [6, 6.07) is -1.82. The van der Waals surface area contributed by atoms with E-state index in [1.165, 1.54) is 4.90 Å². The van der Waals surface area contributed by atoms with Crippen LogP contribution in [0.4, 0.5) is 4.79 Å². The van der Waals surface area contributed by atoms with E-state index in [4.69, 9.17) is 15.6 Å². The summed E-state index contributed by atoms with van der Waals surface area (Å²) in [4.78, 5) is 35.0. The minimum absolute atomic E-state index is 0.0109. The number of amides is 3. The third-order valence-corrected chi connectivity index (χ3v) is 3.06. The van der Waals surface area contributed by atoms with E-state index < -0.39 is 30.4 Å². The van der Waals surface area contributed by atoms with E-state index in [2.05, 4.69) is 5.32 Å². The fraction of sp³-hybridized carbons (Fsp3) is 0.727. The number of nitrogens with zero attached hydrogens (tertiary/aromatic N) is 1. The number of carbonyl (C=O) groups excluding carboxylic acids is 2. The van der Waals surface area contributed by atoms with E-state index in [0.29, 0.717) is 26.1 Å². The second kappa shape index (κ2) is 6.93. The van der Waals surface area contributed by atoms with Crippen LogP contribution < -0.4 is 11.1 Å². The summed E-state index contributed by atoms with van der Waals surface area (Å²) in [6.07, 6.45) is 0.984. The Hall–Kier alpha value is -1.83. The fourth-order valence-electron chi connectivity index (χ4n) is 1.89. The van der Waals surface area contributed by atoms with Crippen molar-refractivity contribution in [3.63, 3.8) is 0 Å². The highest BCUT2D eigenvalue weighted by Gasteiger charge is 2.27. The Labute approximate surface area is 110 Å². The number of rotatable bonds is 5. The normalized spacial score (nSPS) is 17.5. The number of ether oxygens (including phenoxy) is 1. The van der Waals surface area contributed by atoms with Gasteiger partial charge >= 0.3 is 12.0 Å². The molecule has 0 bridgehead atoms. The number of aliphatic carboxylic acids is 1. The van der Waals surface area contributed by atoms with Gasteiger partial charge in [0.1, 0.15) is 6.04 Å². The summed E-state index contributed by atoms with van der Waals surface area (Å²) in [5.74, 6) is -2.06. The highest BCUT2D eigenvalue weighted by molar-refractivity contribution is 5.87. The van der Waals surface area contributed by atoms with Crippen molar-refractivity contribution >= 4 is 17.9 Å². The maximum atomic E-state index is 11.9. The highest BCUT2D eigenvalue weighted by atomic mass is 16.5. The fourth-order valence-corrected chi connectivity index (χ4v) is 1.89. The lowest BCUT2D eigenvalue weighted by molar-refractivity contribution is -0.141. The molecule has 1 aliphatic heterocycles. The number of primary amides is 1. The molecule has 0 aromatic carbocycles. The van der Waals surface area contributed by atoms with Crippen LogP contribution in [0.1, 0.15) is 19.3 Å². The number of nitrogens with two attached hydrogens (primary N) is 1. The highest BCUT2D eigenvalue weighted by Crippen LogP contribution is 2.12. The molecular weight excluding hydrogens is 254 g/mol. The Morgan fingerprint density at radius 2 is 2.00 bits per heavy atom. The van der Waals surface area contributed by atoms with Crippen molar-refractivity contribution in [1.29, 1.82) is 0 Å². The van der Waals surface area contributed by atoms with Crippen molar-refractivity contribution in [3.05, 3.63) is 0 Å². The summed E-state index contributed by atoms with van der Waals surface area (Å²) in [7, 11) is 1.59. The first-order valence-corrected chi connectivity index (χ1v) is 6.04. The molecule has 4 N–H and O–H groups in total. The molecule has 1 saturated heterocycles. The van der Waals surface area contributed by atoms with Gasteiger partial charge in [-0.15, -0.1) is 0 Å². The third-order valence-electron chi connectivity index (χ3n) is 3.06. The minimum Gasteiger partial charge on any atom is -0.480 e. The molecule has 0 spiro atoms. The van der Waals surface area contributed by atoms with Gasteiger partial charge < -0.3 is 25.8 Å². The SMILES string of the molecule is CN(C(=O)N[C@@H](CC(N)=O)C(=O)O)C1CCOCC1. The molecule has 108 valence electrons. The lowest BCUT2D eigenvalue weighted by atomic mass is 10.1. The summed E-state index contributed by atoms with van der Waals surface area (Å²) >= 11 is 0. The predicted octanol–water partition coefficient (Wildman–Crippen LogP) is -0.865. The minimum atomic E-state index is -1.30. The number of hydrogen-bond acceptors (Lipinski definition) is 4. The predicted molar refractivity (Wildman–Crippen MR) is 65.4 cm³/mol. The number of urea groups is 1. The zero-order valence-electron chi connectivity index (χ0n) is 10.8. The maximum absolute atomic E-state index is 11.9. The standard InChI is InChI=1S/C11H19N3O5/c1-14(7-2-4-19-5-3-7)11(18)13-8(10(16)17)6-9(12)15/h7-8H,2-6H2,1H3,(H2,12,15)(H,13,18)(H,16,17)/t8-/m0/s1. The van der Waals surface area contributed by atoms with E-state index >= 15 is 0 Å². The molecule has 1 rings (SSSR count). The van der Waals surface area contributed by atoms with Crippen molar-refractivity contribution in [1.82, 2.24) is 10.2 Å². The molecule has 0 aliphatic carbocycles. The van der Waals surface area contributed by atoms with Gasteiger partial charge in [-0.25, -0.2) is 9.59 Å². The van der Waals surface area contributed by atoms with Crippen LogP contribution in [-0.2, 0) is 14.3 Å². The van der Waals surface area contributed by atoms with Crippen molar-refractivity contribution in [2.45, 2.75) is 31.3 Å². The molecule has 19 heavy (non-hydrogen) atoms. The van der Waals surface area contributed by atoms with E-state index in [1.54, 1.807) is 7.05 Å². The molecule has 0 unspecified atom stereocenters. The molecule has 0 radical (unpaired) electrons. The quantitative estimate of drug-likeness (QED) is 0.601. The first kappa shape index (κ1) is 15.2. The largest absolute Gasteiger partial charge is 0.480 e. The van der Waals surface area contributed by atoms with E-state index in [9.17, 15) is 14.4 Å². The Kier molecular flexibility index (Phi) is 5.56. The second-order valence-electron chi connectivity index (χ2n) is 4.47. The average molecular weight is 273 g/mol. The van der Waals surface area contributed by atoms with Gasteiger partial charge in [-0.3, -0.25) is 4.79 Å². The molecule has 8 nitrogen and oxygen atoms in total. The summed E-state index contributed by atoms with van der Waals surface area (Å²) < 4.78 is 5.19. The van der Waals surface area contributed by atoms with E-state index in [1.807, 2.05) is 0 Å². The van der Waals surface area contributed by atoms with Crippen LogP contribution >= 0.6 is 0 Å². The zero-order chi connectivity index (χ0) is 14.4. The zero-order valence-corrected chi connectivity index (χ0v) is 10.8. The van der Waals surface area contributed by atoms with Crippen molar-refractivity contribution in [3.8, 4) is 0 Å². The molecule has 1 atom stereocenters. The molecule has 1 aliphatic rings. The van der Waals surface area contributed by atoms with Gasteiger partial charge in [-0.05, 0) is 12.8 Å². The van der Waals surface area contributed by atoms with E-state index in [-0.39, 0.29) is 6.04 Å². The Bertz CT molecular complexity index is 354. The van der Waals surface area contributed by atoms with Gasteiger partial charge in [0.15, 0.2) is 0 Å². The van der Waals surface area contributed by atoms with Crippen LogP contribution in [-0.4, -0.2) is 60.3 Å². The molecule has 1 heterocycles. The lowest BCUT2D eigenvalue weighted by Crippen LogP contribution is -2.51. The number of carboxylic acids is 1. The van der Waals surface area contributed by atoms with Crippen LogP contribution in [0, 0.1) is 0 Å². The van der Waals surface area contributed by atoms with E-state index in [0.717, 1.165) is 0 Å². The number of carbonyl (C=O) groups is 3. The van der Waals surface area contributed by atoms with Gasteiger partial charge in [-0.1, -0.05) is 0 Å². The summed E-state index contributed by atoms with van der Waals surface area (Å²) in [5, 5.41) is 11.2. The smallest absolute Gasteiger partial charge is 0.326 e. The number of nitrogens with one attached hydrogen (secondary N) is 1. The van der Waals surface area contributed by atoms with Gasteiger partial charge in [-0.2, -0.15) is 0 Å². The molecule has 1 fully saturated rings. The second-order valence-corrected chi connectivity index (χ2v) is 4.47. The number of hydrogen-bond donors (Lipinski definition) is 3. The van der Waals surface area contributed by atoms with Gasteiger partial charge in [0, 0.05) is 26.3 Å². The van der Waals surface area contributed by atoms with Crippen LogP contribution in [0.5, 0.6) is 0 Å². The van der Waals surface area contributed by atoms with Crippen LogP contribution in [0.15, 0.2) is 0 Å². The first-order chi connectivity index (χ1) is 8.91. The average Bonchev–Trinajstić information content (AvgIpc) is 2.37. The summed E-state index contributed by atoms with van der Waals surface area (Å²) in [5.41, 5.74) is 4.94.